The van der Waals surface area contributed by atoms with Crippen molar-refractivity contribution < 1.29 is 4.39 Å². The van der Waals surface area contributed by atoms with Gasteiger partial charge in [0.25, 0.3) is 0 Å². The van der Waals surface area contributed by atoms with E-state index in [0.717, 1.165) is 0 Å². The molecule has 70 valence electrons. The second-order valence-corrected chi connectivity index (χ2v) is 3.42. The number of rotatable bonds is 1. The van der Waals surface area contributed by atoms with E-state index in [2.05, 4.69) is 17.5 Å². The first-order valence-corrected chi connectivity index (χ1v) is 4.31. The summed E-state index contributed by atoms with van der Waals surface area (Å²) >= 11 is 10.3. The molecule has 0 fully saturated rings. The molecular weight excluding hydrogens is 211 g/mol. The molecule has 0 radical (unpaired) electrons. The zero-order valence-electron chi connectivity index (χ0n) is 6.90. The lowest BCUT2D eigenvalue weighted by molar-refractivity contribution is 0.631. The van der Waals surface area contributed by atoms with Crippen molar-refractivity contribution in [1.82, 2.24) is 0 Å². The lowest BCUT2D eigenvalue weighted by Crippen LogP contribution is -2.19. The highest BCUT2D eigenvalue weighted by atomic mass is 35.5. The van der Waals surface area contributed by atoms with E-state index in [1.54, 1.807) is 6.92 Å². The van der Waals surface area contributed by atoms with Crippen LogP contribution in [0.1, 0.15) is 5.56 Å². The fourth-order valence-electron chi connectivity index (χ4n) is 0.875. The molecule has 1 aromatic rings. The number of hydrogen-bond acceptors (Lipinski definition) is 1. The van der Waals surface area contributed by atoms with Gasteiger partial charge < -0.3 is 11.1 Å². The summed E-state index contributed by atoms with van der Waals surface area (Å²) in [6.45, 7) is 1.72. The van der Waals surface area contributed by atoms with Gasteiger partial charge in [-0.15, -0.1) is 0 Å². The van der Waals surface area contributed by atoms with Gasteiger partial charge in [0.05, 0.1) is 5.69 Å². The van der Waals surface area contributed by atoms with Gasteiger partial charge in [-0.25, -0.2) is 4.39 Å². The molecule has 0 aromatic heterocycles. The Balaban J connectivity index is 3.08. The Morgan fingerprint density at radius 2 is 2.23 bits per heavy atom. The Kier molecular flexibility index (Phi) is 3.06. The Hall–Kier alpha value is -0.870. The molecule has 1 rings (SSSR count). The molecule has 0 heterocycles. The van der Waals surface area contributed by atoms with Crippen LogP contribution in [0.2, 0.25) is 5.02 Å². The Labute approximate surface area is 85.9 Å². The van der Waals surface area contributed by atoms with Gasteiger partial charge in [-0.3, -0.25) is 0 Å². The van der Waals surface area contributed by atoms with Gasteiger partial charge in [0, 0.05) is 5.02 Å². The van der Waals surface area contributed by atoms with Crippen LogP contribution in [0.5, 0.6) is 0 Å². The third-order valence-electron chi connectivity index (χ3n) is 1.51. The van der Waals surface area contributed by atoms with Gasteiger partial charge >= 0.3 is 0 Å². The van der Waals surface area contributed by atoms with E-state index in [1.807, 2.05) is 0 Å². The summed E-state index contributed by atoms with van der Waals surface area (Å²) in [5.41, 5.74) is 6.06. The van der Waals surface area contributed by atoms with Gasteiger partial charge in [-0.2, -0.15) is 0 Å². The highest BCUT2D eigenvalue weighted by Crippen LogP contribution is 2.23. The van der Waals surface area contributed by atoms with Crippen molar-refractivity contribution in [3.8, 4) is 0 Å². The molecule has 0 bridgehead atoms. The molecule has 13 heavy (non-hydrogen) atoms. The number of aryl methyl sites for hydroxylation is 1. The molecule has 1 aromatic carbocycles. The number of hydrogen-bond donors (Lipinski definition) is 2. The minimum atomic E-state index is -0.422. The van der Waals surface area contributed by atoms with Crippen molar-refractivity contribution in [1.29, 1.82) is 0 Å². The van der Waals surface area contributed by atoms with Gasteiger partial charge in [-0.05, 0) is 36.8 Å². The van der Waals surface area contributed by atoms with E-state index in [1.165, 1.54) is 12.1 Å². The summed E-state index contributed by atoms with van der Waals surface area (Å²) in [5, 5.41) is 2.98. The fourth-order valence-corrected chi connectivity index (χ4v) is 1.15. The zero-order chi connectivity index (χ0) is 10.0. The largest absolute Gasteiger partial charge is 0.376 e. The monoisotopic (exact) mass is 218 g/mol. The van der Waals surface area contributed by atoms with Crippen LogP contribution in [-0.2, 0) is 0 Å². The first kappa shape index (κ1) is 10.2. The van der Waals surface area contributed by atoms with Crippen molar-refractivity contribution in [3.63, 3.8) is 0 Å². The molecule has 0 aliphatic rings. The van der Waals surface area contributed by atoms with Crippen LogP contribution >= 0.6 is 23.8 Å². The van der Waals surface area contributed by atoms with E-state index in [4.69, 9.17) is 17.3 Å². The molecule has 0 aliphatic carbocycles. The average Bonchev–Trinajstić information content (AvgIpc) is 1.99. The number of nitrogens with one attached hydrogen (secondary N) is 1. The molecule has 0 aliphatic heterocycles. The summed E-state index contributed by atoms with van der Waals surface area (Å²) in [5.74, 6) is -0.422. The molecular formula is C8H8ClFN2S. The van der Waals surface area contributed by atoms with Crippen LogP contribution < -0.4 is 11.1 Å². The van der Waals surface area contributed by atoms with Gasteiger partial charge in [0.2, 0.25) is 0 Å². The van der Waals surface area contributed by atoms with Crippen LogP contribution in [-0.4, -0.2) is 5.11 Å². The minimum absolute atomic E-state index is 0.0128. The van der Waals surface area contributed by atoms with Crippen LogP contribution in [0.3, 0.4) is 0 Å². The van der Waals surface area contributed by atoms with Crippen molar-refractivity contribution in [3.05, 3.63) is 28.5 Å². The van der Waals surface area contributed by atoms with Crippen LogP contribution in [0.15, 0.2) is 12.1 Å². The average molecular weight is 219 g/mol. The van der Waals surface area contributed by atoms with Crippen LogP contribution in [0.25, 0.3) is 0 Å². The van der Waals surface area contributed by atoms with Crippen LogP contribution in [0, 0.1) is 12.7 Å². The maximum absolute atomic E-state index is 13.2. The Morgan fingerprint density at radius 1 is 1.62 bits per heavy atom. The minimum Gasteiger partial charge on any atom is -0.376 e. The topological polar surface area (TPSA) is 38.0 Å². The van der Waals surface area contributed by atoms with Crippen LogP contribution in [0.4, 0.5) is 10.1 Å². The van der Waals surface area contributed by atoms with Crippen molar-refractivity contribution in [2.24, 2.45) is 5.73 Å². The number of thiocarbonyl (C=S) groups is 1. The molecule has 0 atom stereocenters. The zero-order valence-corrected chi connectivity index (χ0v) is 8.47. The quantitative estimate of drug-likeness (QED) is 0.712. The molecule has 3 N–H and O–H groups in total. The summed E-state index contributed by atoms with van der Waals surface area (Å²) in [7, 11) is 0. The maximum Gasteiger partial charge on any atom is 0.168 e. The van der Waals surface area contributed by atoms with Gasteiger partial charge in [0.1, 0.15) is 5.82 Å². The lowest BCUT2D eigenvalue weighted by Gasteiger charge is -2.07. The highest BCUT2D eigenvalue weighted by molar-refractivity contribution is 7.80. The molecule has 0 saturated carbocycles. The molecule has 2 nitrogen and oxygen atoms in total. The Morgan fingerprint density at radius 3 is 2.77 bits per heavy atom. The van der Waals surface area contributed by atoms with E-state index >= 15 is 0 Å². The third kappa shape index (κ3) is 2.54. The smallest absolute Gasteiger partial charge is 0.168 e. The van der Waals surface area contributed by atoms with Crippen molar-refractivity contribution in [2.75, 3.05) is 5.32 Å². The molecule has 0 unspecified atom stereocenters. The number of benzene rings is 1. The molecule has 0 amide bonds. The number of nitrogens with two attached hydrogens (primary N) is 1. The summed E-state index contributed by atoms with van der Waals surface area (Å²) < 4.78 is 13.2. The first-order chi connectivity index (χ1) is 6.00. The van der Waals surface area contributed by atoms with E-state index in [0.29, 0.717) is 10.6 Å². The fraction of sp³-hybridized carbons (Fsp3) is 0.125. The summed E-state index contributed by atoms with van der Waals surface area (Å²) in [4.78, 5) is 0. The SMILES string of the molecule is Cc1cc(F)c(NC(N)=S)cc1Cl. The van der Waals surface area contributed by atoms with Crippen molar-refractivity contribution >= 4 is 34.6 Å². The van der Waals surface area contributed by atoms with E-state index < -0.39 is 5.82 Å². The second kappa shape index (κ2) is 3.89. The summed E-state index contributed by atoms with van der Waals surface area (Å²) in [6.07, 6.45) is 0. The predicted molar refractivity (Wildman–Crippen MR) is 56.6 cm³/mol. The second-order valence-electron chi connectivity index (χ2n) is 2.57. The molecule has 5 heteroatoms. The van der Waals surface area contributed by atoms with E-state index in [-0.39, 0.29) is 10.8 Å². The lowest BCUT2D eigenvalue weighted by atomic mass is 10.2. The molecule has 0 spiro atoms. The van der Waals surface area contributed by atoms with Gasteiger partial charge in [0.15, 0.2) is 5.11 Å². The summed E-state index contributed by atoms with van der Waals surface area (Å²) in [6, 6.07) is 2.77. The van der Waals surface area contributed by atoms with E-state index in [9.17, 15) is 4.39 Å². The van der Waals surface area contributed by atoms with Crippen molar-refractivity contribution in [2.45, 2.75) is 6.92 Å². The number of anilines is 1. The Bertz CT molecular complexity index is 354. The highest BCUT2D eigenvalue weighted by Gasteiger charge is 2.05. The predicted octanol–water partition coefficient (Wildman–Crippen LogP) is 2.44. The third-order valence-corrected chi connectivity index (χ3v) is 2.02. The maximum atomic E-state index is 13.2. The number of halogens is 2. The molecule has 0 saturated heterocycles. The standard InChI is InChI=1S/C8H8ClFN2S/c1-4-2-6(10)7(3-5(4)9)12-8(11)13/h2-3H,1H3,(H3,11,12,13). The first-order valence-electron chi connectivity index (χ1n) is 3.53. The normalized spacial score (nSPS) is 9.77. The van der Waals surface area contributed by atoms with Gasteiger partial charge in [-0.1, -0.05) is 11.6 Å².